The highest BCUT2D eigenvalue weighted by atomic mass is 16.5. The number of rotatable bonds is 7. The summed E-state index contributed by atoms with van der Waals surface area (Å²) in [6, 6.07) is 8.63. The first-order valence-corrected chi connectivity index (χ1v) is 7.47. The van der Waals surface area contributed by atoms with Gasteiger partial charge in [0.25, 0.3) is 0 Å². The minimum Gasteiger partial charge on any atom is -0.492 e. The predicted octanol–water partition coefficient (Wildman–Crippen LogP) is 2.44. The average molecular weight is 262 g/mol. The molecule has 1 aromatic rings. The maximum atomic E-state index is 5.96. The molecular formula is C16H26N2O. The van der Waals surface area contributed by atoms with Gasteiger partial charge in [0.1, 0.15) is 12.4 Å². The van der Waals surface area contributed by atoms with Crippen LogP contribution in [-0.4, -0.2) is 37.2 Å². The second-order valence-corrected chi connectivity index (χ2v) is 5.41. The minimum atomic E-state index is 0.266. The van der Waals surface area contributed by atoms with Crippen molar-refractivity contribution >= 4 is 0 Å². The maximum absolute atomic E-state index is 5.96. The number of hydrogen-bond acceptors (Lipinski definition) is 3. The summed E-state index contributed by atoms with van der Waals surface area (Å²) in [4.78, 5) is 2.47. The van der Waals surface area contributed by atoms with E-state index in [0.29, 0.717) is 0 Å². The van der Waals surface area contributed by atoms with Gasteiger partial charge in [-0.3, -0.25) is 4.90 Å². The lowest BCUT2D eigenvalue weighted by atomic mass is 10.0. The Kier molecular flexibility index (Phi) is 5.67. The van der Waals surface area contributed by atoms with Gasteiger partial charge in [-0.2, -0.15) is 0 Å². The van der Waals surface area contributed by atoms with Gasteiger partial charge in [0.05, 0.1) is 0 Å². The SMILES string of the molecule is CCC(N)Cc1ccc(OCCN2CCCC2)cc1. The highest BCUT2D eigenvalue weighted by Crippen LogP contribution is 2.14. The molecule has 1 fully saturated rings. The molecule has 0 radical (unpaired) electrons. The Balaban J connectivity index is 1.71. The molecule has 1 aliphatic rings. The van der Waals surface area contributed by atoms with Crippen molar-refractivity contribution in [2.75, 3.05) is 26.2 Å². The Hall–Kier alpha value is -1.06. The molecule has 3 nitrogen and oxygen atoms in total. The lowest BCUT2D eigenvalue weighted by Gasteiger charge is -2.15. The van der Waals surface area contributed by atoms with E-state index in [-0.39, 0.29) is 6.04 Å². The van der Waals surface area contributed by atoms with Crippen molar-refractivity contribution in [3.8, 4) is 5.75 Å². The smallest absolute Gasteiger partial charge is 0.119 e. The summed E-state index contributed by atoms with van der Waals surface area (Å²) in [6.07, 6.45) is 4.65. The first-order valence-electron chi connectivity index (χ1n) is 7.47. The minimum absolute atomic E-state index is 0.266. The normalized spacial score (nSPS) is 17.6. The van der Waals surface area contributed by atoms with E-state index in [0.717, 1.165) is 31.7 Å². The molecule has 1 heterocycles. The molecule has 1 saturated heterocycles. The summed E-state index contributed by atoms with van der Waals surface area (Å²) in [6.45, 7) is 6.42. The zero-order valence-electron chi connectivity index (χ0n) is 12.0. The lowest BCUT2D eigenvalue weighted by Crippen LogP contribution is -2.25. The fourth-order valence-corrected chi connectivity index (χ4v) is 2.47. The Morgan fingerprint density at radius 2 is 1.89 bits per heavy atom. The number of nitrogens with zero attached hydrogens (tertiary/aromatic N) is 1. The van der Waals surface area contributed by atoms with Gasteiger partial charge in [-0.05, 0) is 56.5 Å². The summed E-state index contributed by atoms with van der Waals surface area (Å²) in [5.41, 5.74) is 7.25. The third-order valence-corrected chi connectivity index (χ3v) is 3.82. The van der Waals surface area contributed by atoms with Crippen molar-refractivity contribution in [1.82, 2.24) is 4.90 Å². The van der Waals surface area contributed by atoms with E-state index < -0.39 is 0 Å². The van der Waals surface area contributed by atoms with Gasteiger partial charge in [-0.25, -0.2) is 0 Å². The van der Waals surface area contributed by atoms with Crippen LogP contribution in [-0.2, 0) is 6.42 Å². The number of likely N-dealkylation sites (tertiary alicyclic amines) is 1. The molecule has 0 aliphatic carbocycles. The molecule has 1 unspecified atom stereocenters. The van der Waals surface area contributed by atoms with Crippen molar-refractivity contribution in [2.24, 2.45) is 5.73 Å². The average Bonchev–Trinajstić information content (AvgIpc) is 2.94. The quantitative estimate of drug-likeness (QED) is 0.820. The van der Waals surface area contributed by atoms with Crippen molar-refractivity contribution in [2.45, 2.75) is 38.6 Å². The molecule has 0 saturated carbocycles. The van der Waals surface area contributed by atoms with Crippen molar-refractivity contribution in [3.63, 3.8) is 0 Å². The Labute approximate surface area is 116 Å². The topological polar surface area (TPSA) is 38.5 Å². The van der Waals surface area contributed by atoms with Gasteiger partial charge in [-0.15, -0.1) is 0 Å². The third kappa shape index (κ3) is 4.84. The molecule has 1 atom stereocenters. The summed E-state index contributed by atoms with van der Waals surface area (Å²) < 4.78 is 5.78. The summed E-state index contributed by atoms with van der Waals surface area (Å²) in [7, 11) is 0. The van der Waals surface area contributed by atoms with Gasteiger partial charge in [0, 0.05) is 12.6 Å². The molecule has 0 amide bonds. The van der Waals surface area contributed by atoms with Crippen LogP contribution in [0.15, 0.2) is 24.3 Å². The van der Waals surface area contributed by atoms with Crippen molar-refractivity contribution in [1.29, 1.82) is 0 Å². The van der Waals surface area contributed by atoms with Crippen LogP contribution in [0.2, 0.25) is 0 Å². The monoisotopic (exact) mass is 262 g/mol. The molecule has 19 heavy (non-hydrogen) atoms. The van der Waals surface area contributed by atoms with Gasteiger partial charge >= 0.3 is 0 Å². The van der Waals surface area contributed by atoms with Crippen LogP contribution in [0.1, 0.15) is 31.7 Å². The van der Waals surface area contributed by atoms with Crippen LogP contribution < -0.4 is 10.5 Å². The Bertz CT molecular complexity index is 358. The second kappa shape index (κ2) is 7.51. The standard InChI is InChI=1S/C16H26N2O/c1-2-15(17)13-14-5-7-16(8-6-14)19-12-11-18-9-3-4-10-18/h5-8,15H,2-4,9-13,17H2,1H3. The molecule has 0 spiro atoms. The zero-order valence-corrected chi connectivity index (χ0v) is 12.0. The van der Waals surface area contributed by atoms with Gasteiger partial charge in [0.2, 0.25) is 0 Å². The molecule has 2 N–H and O–H groups in total. The lowest BCUT2D eigenvalue weighted by molar-refractivity contribution is 0.238. The van der Waals surface area contributed by atoms with Gasteiger partial charge in [0.15, 0.2) is 0 Å². The summed E-state index contributed by atoms with van der Waals surface area (Å²) in [5, 5.41) is 0. The molecular weight excluding hydrogens is 236 g/mol. The first-order chi connectivity index (χ1) is 9.28. The van der Waals surface area contributed by atoms with E-state index in [1.54, 1.807) is 0 Å². The van der Waals surface area contributed by atoms with E-state index in [1.165, 1.54) is 31.5 Å². The van der Waals surface area contributed by atoms with Crippen molar-refractivity contribution in [3.05, 3.63) is 29.8 Å². The number of hydrogen-bond donors (Lipinski definition) is 1. The molecule has 1 aliphatic heterocycles. The second-order valence-electron chi connectivity index (χ2n) is 5.41. The summed E-state index contributed by atoms with van der Waals surface area (Å²) in [5.74, 6) is 0.966. The highest BCUT2D eigenvalue weighted by Gasteiger charge is 2.10. The molecule has 3 heteroatoms. The van der Waals surface area contributed by atoms with E-state index in [1.807, 2.05) is 0 Å². The Morgan fingerprint density at radius 3 is 2.53 bits per heavy atom. The van der Waals surface area contributed by atoms with Crippen molar-refractivity contribution < 1.29 is 4.74 Å². The Morgan fingerprint density at radius 1 is 1.21 bits per heavy atom. The van der Waals surface area contributed by atoms with E-state index in [2.05, 4.69) is 36.1 Å². The van der Waals surface area contributed by atoms with Gasteiger partial charge in [-0.1, -0.05) is 19.1 Å². The van der Waals surface area contributed by atoms with Crippen LogP contribution in [0.5, 0.6) is 5.75 Å². The molecule has 0 bridgehead atoms. The number of nitrogens with two attached hydrogens (primary N) is 1. The molecule has 1 aromatic carbocycles. The molecule has 2 rings (SSSR count). The van der Waals surface area contributed by atoms with Gasteiger partial charge < -0.3 is 10.5 Å². The highest BCUT2D eigenvalue weighted by molar-refractivity contribution is 5.27. The number of benzene rings is 1. The maximum Gasteiger partial charge on any atom is 0.119 e. The van der Waals surface area contributed by atoms with Crippen LogP contribution in [0, 0.1) is 0 Å². The fraction of sp³-hybridized carbons (Fsp3) is 0.625. The third-order valence-electron chi connectivity index (χ3n) is 3.82. The molecule has 0 aromatic heterocycles. The van der Waals surface area contributed by atoms with Crippen LogP contribution in [0.25, 0.3) is 0 Å². The van der Waals surface area contributed by atoms with Crippen LogP contribution in [0.3, 0.4) is 0 Å². The largest absolute Gasteiger partial charge is 0.492 e. The zero-order chi connectivity index (χ0) is 13.5. The fourth-order valence-electron chi connectivity index (χ4n) is 2.47. The number of ether oxygens (including phenoxy) is 1. The van der Waals surface area contributed by atoms with E-state index in [4.69, 9.17) is 10.5 Å². The van der Waals surface area contributed by atoms with E-state index in [9.17, 15) is 0 Å². The van der Waals surface area contributed by atoms with Crippen LogP contribution >= 0.6 is 0 Å². The first kappa shape index (κ1) is 14.4. The molecule has 106 valence electrons. The van der Waals surface area contributed by atoms with Crippen LogP contribution in [0.4, 0.5) is 0 Å². The van der Waals surface area contributed by atoms with E-state index >= 15 is 0 Å². The predicted molar refractivity (Wildman–Crippen MR) is 79.6 cm³/mol. The summed E-state index contributed by atoms with van der Waals surface area (Å²) >= 11 is 0.